The van der Waals surface area contributed by atoms with Crippen molar-refractivity contribution in [1.29, 1.82) is 0 Å². The van der Waals surface area contributed by atoms with Crippen LogP contribution in [0.25, 0.3) is 11.2 Å². The highest BCUT2D eigenvalue weighted by molar-refractivity contribution is 5.97. The van der Waals surface area contributed by atoms with Crippen molar-refractivity contribution in [2.24, 2.45) is 0 Å². The largest absolute Gasteiger partial charge is 0.480 e. The third-order valence-electron chi connectivity index (χ3n) is 5.68. The summed E-state index contributed by atoms with van der Waals surface area (Å²) in [7, 11) is 0. The molecule has 0 saturated heterocycles. The van der Waals surface area contributed by atoms with E-state index >= 15 is 0 Å². The van der Waals surface area contributed by atoms with Crippen LogP contribution in [0.3, 0.4) is 0 Å². The Morgan fingerprint density at radius 1 is 1.05 bits per heavy atom. The van der Waals surface area contributed by atoms with Crippen LogP contribution in [0.1, 0.15) is 28.9 Å². The SMILES string of the molecule is Nc1nc2ncc(CNc3ccc(C(=O)NC(CCC(=O)NC(CO)(CO)CO)C(=O)O)cc3)nc2c(=O)[nH]1. The van der Waals surface area contributed by atoms with Crippen molar-refractivity contribution in [1.82, 2.24) is 30.6 Å². The molecule has 1 atom stereocenters. The summed E-state index contributed by atoms with van der Waals surface area (Å²) in [6.07, 6.45) is 0.810. The van der Waals surface area contributed by atoms with Crippen LogP contribution in [0.2, 0.25) is 0 Å². The molecule has 1 aromatic carbocycles. The van der Waals surface area contributed by atoms with E-state index in [4.69, 9.17) is 5.73 Å². The Labute approximate surface area is 220 Å². The van der Waals surface area contributed by atoms with E-state index in [0.29, 0.717) is 11.4 Å². The number of H-pyrrole nitrogens is 1. The van der Waals surface area contributed by atoms with Gasteiger partial charge < -0.3 is 42.1 Å². The number of aliphatic hydroxyl groups excluding tert-OH is 3. The number of aromatic nitrogens is 4. The third kappa shape index (κ3) is 7.44. The number of anilines is 2. The summed E-state index contributed by atoms with van der Waals surface area (Å²) in [6, 6.07) is 4.70. The molecule has 3 aromatic rings. The normalized spacial score (nSPS) is 12.1. The second-order valence-corrected chi connectivity index (χ2v) is 8.62. The molecule has 10 N–H and O–H groups in total. The zero-order valence-electron chi connectivity index (χ0n) is 20.5. The molecule has 0 aliphatic carbocycles. The summed E-state index contributed by atoms with van der Waals surface area (Å²) in [4.78, 5) is 62.9. The van der Waals surface area contributed by atoms with E-state index in [0.717, 1.165) is 0 Å². The highest BCUT2D eigenvalue weighted by Crippen LogP contribution is 2.12. The number of rotatable bonds is 13. The van der Waals surface area contributed by atoms with E-state index in [1.165, 1.54) is 18.3 Å². The number of nitrogens with zero attached hydrogens (tertiary/aromatic N) is 3. The van der Waals surface area contributed by atoms with Gasteiger partial charge in [0, 0.05) is 17.7 Å². The molecule has 39 heavy (non-hydrogen) atoms. The maximum absolute atomic E-state index is 12.6. The first-order chi connectivity index (χ1) is 18.6. The van der Waals surface area contributed by atoms with Crippen LogP contribution >= 0.6 is 0 Å². The van der Waals surface area contributed by atoms with Crippen molar-refractivity contribution in [3.8, 4) is 0 Å². The molecule has 2 heterocycles. The number of nitrogens with one attached hydrogen (secondary N) is 4. The summed E-state index contributed by atoms with van der Waals surface area (Å²) in [5, 5.41) is 45.0. The van der Waals surface area contributed by atoms with E-state index in [1.807, 2.05) is 0 Å². The average molecular weight is 545 g/mol. The number of amides is 2. The molecule has 0 radical (unpaired) electrons. The minimum Gasteiger partial charge on any atom is -0.480 e. The summed E-state index contributed by atoms with van der Waals surface area (Å²) in [5.41, 5.74) is 4.70. The van der Waals surface area contributed by atoms with Crippen molar-refractivity contribution >= 4 is 40.6 Å². The van der Waals surface area contributed by atoms with Crippen LogP contribution in [0.15, 0.2) is 35.3 Å². The first kappa shape index (κ1) is 28.9. The fourth-order valence-corrected chi connectivity index (χ4v) is 3.39. The third-order valence-corrected chi connectivity index (χ3v) is 5.68. The topological polar surface area (TPSA) is 266 Å². The molecule has 2 amide bonds. The van der Waals surface area contributed by atoms with Crippen LogP contribution in [0.4, 0.5) is 11.6 Å². The van der Waals surface area contributed by atoms with E-state index in [2.05, 4.69) is 35.9 Å². The lowest BCUT2D eigenvalue weighted by Crippen LogP contribution is -2.57. The van der Waals surface area contributed by atoms with Crippen LogP contribution in [-0.2, 0) is 16.1 Å². The predicted octanol–water partition coefficient (Wildman–Crippen LogP) is -2.30. The average Bonchev–Trinajstić information content (AvgIpc) is 2.93. The van der Waals surface area contributed by atoms with Gasteiger partial charge in [0.15, 0.2) is 11.2 Å². The first-order valence-corrected chi connectivity index (χ1v) is 11.6. The van der Waals surface area contributed by atoms with E-state index in [1.54, 1.807) is 12.1 Å². The monoisotopic (exact) mass is 544 g/mol. The number of nitrogen functional groups attached to an aromatic ring is 1. The van der Waals surface area contributed by atoms with Crippen molar-refractivity contribution in [2.45, 2.75) is 31.0 Å². The van der Waals surface area contributed by atoms with E-state index in [9.17, 15) is 39.6 Å². The molecule has 0 aliphatic rings. The van der Waals surface area contributed by atoms with Gasteiger partial charge in [0.25, 0.3) is 11.5 Å². The van der Waals surface area contributed by atoms with Gasteiger partial charge in [-0.05, 0) is 30.7 Å². The van der Waals surface area contributed by atoms with E-state index in [-0.39, 0.29) is 42.1 Å². The number of carbonyl (C=O) groups is 3. The second kappa shape index (κ2) is 12.7. The molecule has 0 saturated carbocycles. The minimum atomic E-state index is -1.64. The molecule has 0 fully saturated rings. The zero-order chi connectivity index (χ0) is 28.6. The molecule has 0 aliphatic heterocycles. The Kier molecular flexibility index (Phi) is 9.43. The quantitative estimate of drug-likeness (QED) is 0.110. The Balaban J connectivity index is 1.56. The van der Waals surface area contributed by atoms with Gasteiger partial charge in [0.2, 0.25) is 11.9 Å². The zero-order valence-corrected chi connectivity index (χ0v) is 20.5. The molecule has 16 nitrogen and oxygen atoms in total. The fraction of sp³-hybridized carbons (Fsp3) is 0.348. The van der Waals surface area contributed by atoms with Crippen molar-refractivity contribution in [2.75, 3.05) is 30.9 Å². The molecule has 208 valence electrons. The molecule has 2 aromatic heterocycles. The highest BCUT2D eigenvalue weighted by Gasteiger charge is 2.30. The Bertz CT molecular complexity index is 1380. The number of aliphatic hydroxyl groups is 3. The maximum Gasteiger partial charge on any atom is 0.326 e. The number of aromatic amines is 1. The summed E-state index contributed by atoms with van der Waals surface area (Å²) >= 11 is 0. The van der Waals surface area contributed by atoms with Gasteiger partial charge in [-0.3, -0.25) is 19.4 Å². The van der Waals surface area contributed by atoms with Gasteiger partial charge >= 0.3 is 5.97 Å². The highest BCUT2D eigenvalue weighted by atomic mass is 16.4. The van der Waals surface area contributed by atoms with E-state index < -0.39 is 54.7 Å². The molecule has 3 rings (SSSR count). The number of aliphatic carboxylic acids is 1. The Hall–Kier alpha value is -4.67. The van der Waals surface area contributed by atoms with Crippen LogP contribution < -0.4 is 27.2 Å². The first-order valence-electron chi connectivity index (χ1n) is 11.6. The number of benzene rings is 1. The maximum atomic E-state index is 12.6. The lowest BCUT2D eigenvalue weighted by Gasteiger charge is -2.28. The van der Waals surface area contributed by atoms with Crippen LogP contribution in [0, 0.1) is 0 Å². The van der Waals surface area contributed by atoms with Gasteiger partial charge in [-0.25, -0.2) is 14.8 Å². The number of nitrogens with two attached hydrogens (primary N) is 1. The van der Waals surface area contributed by atoms with Crippen molar-refractivity contribution in [3.05, 3.63) is 52.1 Å². The number of carboxylic acid groups (broad SMARTS) is 1. The minimum absolute atomic E-state index is 0.0375. The molecule has 0 bridgehead atoms. The number of carboxylic acids is 1. The van der Waals surface area contributed by atoms with Crippen molar-refractivity contribution in [3.63, 3.8) is 0 Å². The lowest BCUT2D eigenvalue weighted by molar-refractivity contribution is -0.139. The summed E-state index contributed by atoms with van der Waals surface area (Å²) in [6.45, 7) is -1.97. The van der Waals surface area contributed by atoms with Gasteiger partial charge in [-0.15, -0.1) is 0 Å². The number of hydrogen-bond acceptors (Lipinski definition) is 12. The number of fused-ring (bicyclic) bond motifs is 1. The molecular formula is C23H28N8O8. The predicted molar refractivity (Wildman–Crippen MR) is 136 cm³/mol. The Morgan fingerprint density at radius 3 is 2.33 bits per heavy atom. The number of carbonyl (C=O) groups excluding carboxylic acids is 2. The molecule has 0 spiro atoms. The summed E-state index contributed by atoms with van der Waals surface area (Å²) < 4.78 is 0. The van der Waals surface area contributed by atoms with Crippen LogP contribution in [-0.4, -0.2) is 89.5 Å². The fourth-order valence-electron chi connectivity index (χ4n) is 3.39. The van der Waals surface area contributed by atoms with Gasteiger partial charge in [0.1, 0.15) is 11.6 Å². The molecule has 1 unspecified atom stereocenters. The van der Waals surface area contributed by atoms with Gasteiger partial charge in [-0.1, -0.05) is 0 Å². The van der Waals surface area contributed by atoms with Crippen LogP contribution in [0.5, 0.6) is 0 Å². The molecule has 16 heteroatoms. The Morgan fingerprint density at radius 2 is 1.72 bits per heavy atom. The lowest BCUT2D eigenvalue weighted by atomic mass is 10.0. The van der Waals surface area contributed by atoms with Crippen molar-refractivity contribution < 1.29 is 34.8 Å². The van der Waals surface area contributed by atoms with Gasteiger partial charge in [-0.2, -0.15) is 4.98 Å². The summed E-state index contributed by atoms with van der Waals surface area (Å²) in [5.74, 6) is -2.83. The smallest absolute Gasteiger partial charge is 0.326 e. The number of hydrogen-bond donors (Lipinski definition) is 9. The standard InChI is InChI=1S/C23H28N8O8/c24-22-29-18-17(20(37)30-22)27-14(8-26-18)7-25-13-3-1-12(2-4-13)19(36)28-15(21(38)39)5-6-16(35)31-23(9-32,10-33)11-34/h1-4,8,15,25,32-34H,5-7,9-11H2,(H,28,36)(H,31,35)(H,38,39)(H3,24,26,29,30,37). The van der Waals surface area contributed by atoms with Gasteiger partial charge in [0.05, 0.1) is 38.3 Å². The second-order valence-electron chi connectivity index (χ2n) is 8.62. The molecular weight excluding hydrogens is 516 g/mol.